The van der Waals surface area contributed by atoms with Crippen molar-refractivity contribution in [3.8, 4) is 0 Å². The van der Waals surface area contributed by atoms with Crippen molar-refractivity contribution in [1.82, 2.24) is 10.3 Å². The molecule has 0 bridgehead atoms. The number of carbonyl (C=O) groups excluding carboxylic acids is 1. The summed E-state index contributed by atoms with van der Waals surface area (Å²) >= 11 is 1.66. The first-order chi connectivity index (χ1) is 10.2. The first-order valence-electron chi connectivity index (χ1n) is 7.52. The van der Waals surface area contributed by atoms with Crippen LogP contribution in [0.15, 0.2) is 30.5 Å². The van der Waals surface area contributed by atoms with Crippen LogP contribution in [0.1, 0.15) is 39.2 Å². The molecule has 0 saturated heterocycles. The Morgan fingerprint density at radius 1 is 1.48 bits per heavy atom. The fourth-order valence-corrected chi connectivity index (χ4v) is 3.88. The van der Waals surface area contributed by atoms with Gasteiger partial charge in [-0.05, 0) is 48.9 Å². The van der Waals surface area contributed by atoms with Crippen LogP contribution in [0.2, 0.25) is 0 Å². The van der Waals surface area contributed by atoms with Crippen molar-refractivity contribution in [1.29, 1.82) is 0 Å². The molecule has 21 heavy (non-hydrogen) atoms. The molecule has 2 aromatic rings. The van der Waals surface area contributed by atoms with Crippen LogP contribution in [0.25, 0.3) is 0 Å². The summed E-state index contributed by atoms with van der Waals surface area (Å²) in [6.07, 6.45) is 6.05. The molecule has 2 heterocycles. The molecule has 1 unspecified atom stereocenters. The molecule has 1 atom stereocenters. The highest BCUT2D eigenvalue weighted by Gasteiger charge is 2.20. The summed E-state index contributed by atoms with van der Waals surface area (Å²) in [4.78, 5) is 18.7. The molecule has 0 fully saturated rings. The van der Waals surface area contributed by atoms with Crippen molar-refractivity contribution in [2.45, 2.75) is 32.6 Å². The summed E-state index contributed by atoms with van der Waals surface area (Å²) in [6.45, 7) is 2.92. The molecule has 2 aromatic heterocycles. The van der Waals surface area contributed by atoms with Crippen LogP contribution in [-0.2, 0) is 19.3 Å². The first kappa shape index (κ1) is 14.3. The molecule has 0 radical (unpaired) electrons. The molecule has 1 N–H and O–H groups in total. The van der Waals surface area contributed by atoms with E-state index in [1.807, 2.05) is 18.2 Å². The number of aromatic nitrogens is 1. The molecule has 3 nitrogen and oxygen atoms in total. The molecule has 0 aromatic carbocycles. The Balaban J connectivity index is 1.56. The Morgan fingerprint density at radius 3 is 3.19 bits per heavy atom. The van der Waals surface area contributed by atoms with E-state index in [4.69, 9.17) is 0 Å². The summed E-state index contributed by atoms with van der Waals surface area (Å²) in [5, 5.41) is 3.00. The minimum Gasteiger partial charge on any atom is -0.351 e. The van der Waals surface area contributed by atoms with Gasteiger partial charge in [0.1, 0.15) is 0 Å². The van der Waals surface area contributed by atoms with Gasteiger partial charge in [-0.1, -0.05) is 13.0 Å². The van der Waals surface area contributed by atoms with E-state index in [1.54, 1.807) is 17.5 Å². The highest BCUT2D eigenvalue weighted by atomic mass is 32.1. The predicted octanol–water partition coefficient (Wildman–Crippen LogP) is 3.24. The zero-order valence-corrected chi connectivity index (χ0v) is 13.1. The van der Waals surface area contributed by atoms with Gasteiger partial charge >= 0.3 is 0 Å². The number of nitrogens with one attached hydrogen (secondary N) is 1. The van der Waals surface area contributed by atoms with Gasteiger partial charge in [0.05, 0.1) is 4.88 Å². The van der Waals surface area contributed by atoms with E-state index >= 15 is 0 Å². The lowest BCUT2D eigenvalue weighted by atomic mass is 9.90. The Bertz CT molecular complexity index is 621. The number of rotatable bonds is 4. The summed E-state index contributed by atoms with van der Waals surface area (Å²) in [7, 11) is 0. The molecule has 3 rings (SSSR count). The molecular formula is C17H20N2OS. The molecule has 1 amide bonds. The Kier molecular flexibility index (Phi) is 4.34. The summed E-state index contributed by atoms with van der Waals surface area (Å²) < 4.78 is 0. The largest absolute Gasteiger partial charge is 0.351 e. The SMILES string of the molecule is CC1CCc2sc(C(=O)NCCc3ccccn3)cc2C1. The molecule has 110 valence electrons. The number of hydrogen-bond acceptors (Lipinski definition) is 3. The van der Waals surface area contributed by atoms with E-state index in [0.717, 1.165) is 35.8 Å². The van der Waals surface area contributed by atoms with Crippen molar-refractivity contribution < 1.29 is 4.79 Å². The van der Waals surface area contributed by atoms with Crippen LogP contribution in [0.4, 0.5) is 0 Å². The van der Waals surface area contributed by atoms with E-state index in [9.17, 15) is 4.79 Å². The third kappa shape index (κ3) is 3.50. The minimum absolute atomic E-state index is 0.0537. The van der Waals surface area contributed by atoms with Gasteiger partial charge in [0.15, 0.2) is 0 Å². The number of pyridine rings is 1. The second kappa shape index (κ2) is 6.39. The molecular weight excluding hydrogens is 280 g/mol. The summed E-state index contributed by atoms with van der Waals surface area (Å²) in [5.41, 5.74) is 2.39. The van der Waals surface area contributed by atoms with Crippen LogP contribution < -0.4 is 5.32 Å². The maximum absolute atomic E-state index is 12.2. The van der Waals surface area contributed by atoms with E-state index in [-0.39, 0.29) is 5.91 Å². The quantitative estimate of drug-likeness (QED) is 0.942. The minimum atomic E-state index is 0.0537. The third-order valence-electron chi connectivity index (χ3n) is 3.95. The van der Waals surface area contributed by atoms with Gasteiger partial charge in [-0.15, -0.1) is 11.3 Å². The van der Waals surface area contributed by atoms with Crippen LogP contribution in [0.3, 0.4) is 0 Å². The second-order valence-electron chi connectivity index (χ2n) is 5.73. The normalized spacial score (nSPS) is 17.3. The van der Waals surface area contributed by atoms with Gasteiger partial charge in [0.25, 0.3) is 5.91 Å². The monoisotopic (exact) mass is 300 g/mol. The van der Waals surface area contributed by atoms with Crippen LogP contribution in [0, 0.1) is 5.92 Å². The number of hydrogen-bond donors (Lipinski definition) is 1. The second-order valence-corrected chi connectivity index (χ2v) is 6.87. The number of amides is 1. The van der Waals surface area contributed by atoms with Crippen LogP contribution in [0.5, 0.6) is 0 Å². The maximum Gasteiger partial charge on any atom is 0.261 e. The Labute approximate surface area is 129 Å². The Hall–Kier alpha value is -1.68. The van der Waals surface area contributed by atoms with Crippen LogP contribution in [-0.4, -0.2) is 17.4 Å². The summed E-state index contributed by atoms with van der Waals surface area (Å²) in [6, 6.07) is 7.95. The van der Waals surface area contributed by atoms with E-state index in [2.05, 4.69) is 23.3 Å². The molecule has 0 saturated carbocycles. The Morgan fingerprint density at radius 2 is 2.38 bits per heavy atom. The van der Waals surface area contributed by atoms with Crippen LogP contribution >= 0.6 is 11.3 Å². The van der Waals surface area contributed by atoms with Crippen molar-refractivity contribution in [2.24, 2.45) is 5.92 Å². The number of thiophene rings is 1. The average Bonchev–Trinajstić information content (AvgIpc) is 2.91. The molecule has 0 aliphatic heterocycles. The van der Waals surface area contributed by atoms with Gasteiger partial charge in [0.2, 0.25) is 0 Å². The lowest BCUT2D eigenvalue weighted by Gasteiger charge is -2.16. The summed E-state index contributed by atoms with van der Waals surface area (Å²) in [5.74, 6) is 0.796. The lowest BCUT2D eigenvalue weighted by molar-refractivity contribution is 0.0958. The number of carbonyl (C=O) groups is 1. The zero-order valence-electron chi connectivity index (χ0n) is 12.3. The van der Waals surface area contributed by atoms with E-state index in [1.165, 1.54) is 16.9 Å². The third-order valence-corrected chi connectivity index (χ3v) is 5.18. The van der Waals surface area contributed by atoms with Gasteiger partial charge in [-0.3, -0.25) is 9.78 Å². The molecule has 1 aliphatic rings. The van der Waals surface area contributed by atoms with Crippen molar-refractivity contribution in [3.63, 3.8) is 0 Å². The van der Waals surface area contributed by atoms with Gasteiger partial charge in [0, 0.05) is 29.7 Å². The average molecular weight is 300 g/mol. The van der Waals surface area contributed by atoms with E-state index in [0.29, 0.717) is 6.54 Å². The molecule has 4 heteroatoms. The van der Waals surface area contributed by atoms with Gasteiger partial charge in [-0.25, -0.2) is 0 Å². The smallest absolute Gasteiger partial charge is 0.261 e. The van der Waals surface area contributed by atoms with Gasteiger partial charge < -0.3 is 5.32 Å². The van der Waals surface area contributed by atoms with Crippen molar-refractivity contribution >= 4 is 17.2 Å². The van der Waals surface area contributed by atoms with Crippen molar-refractivity contribution in [3.05, 3.63) is 51.5 Å². The lowest BCUT2D eigenvalue weighted by Crippen LogP contribution is -2.25. The van der Waals surface area contributed by atoms with E-state index < -0.39 is 0 Å². The highest BCUT2D eigenvalue weighted by molar-refractivity contribution is 7.14. The highest BCUT2D eigenvalue weighted by Crippen LogP contribution is 2.32. The number of aryl methyl sites for hydroxylation is 1. The maximum atomic E-state index is 12.2. The number of nitrogens with zero attached hydrogens (tertiary/aromatic N) is 1. The standard InChI is InChI=1S/C17H20N2OS/c1-12-5-6-15-13(10-12)11-16(21-15)17(20)19-9-7-14-4-2-3-8-18-14/h2-4,8,11-12H,5-7,9-10H2,1H3,(H,19,20). The van der Waals surface area contributed by atoms with Gasteiger partial charge in [-0.2, -0.15) is 0 Å². The predicted molar refractivity (Wildman–Crippen MR) is 85.8 cm³/mol. The van der Waals surface area contributed by atoms with Crippen molar-refractivity contribution in [2.75, 3.05) is 6.54 Å². The topological polar surface area (TPSA) is 42.0 Å². The fraction of sp³-hybridized carbons (Fsp3) is 0.412. The number of fused-ring (bicyclic) bond motifs is 1. The molecule has 0 spiro atoms. The fourth-order valence-electron chi connectivity index (χ4n) is 2.75. The zero-order chi connectivity index (χ0) is 14.7. The first-order valence-corrected chi connectivity index (χ1v) is 8.33. The molecule has 1 aliphatic carbocycles.